The lowest BCUT2D eigenvalue weighted by atomic mass is 9.70. The van der Waals surface area contributed by atoms with Crippen LogP contribution in [0.2, 0.25) is 5.02 Å². The van der Waals surface area contributed by atoms with E-state index in [0.29, 0.717) is 50.3 Å². The number of Topliss-reactive ketones (excluding diaryl/α,β-unsaturated/α-hetero) is 1. The standard InChI is InChI=1S/C39H48ClN3O5S2/c1-26-21-43-24-39(17-8-9-29-19-31(40)12-15-34(29)39)25-48-37-16-11-30(20-35(37)43)38(45)42-50(46,18-7-5-6-10-36(47-4)27(26)2)23-33(44)14-13-32-22-49-28(3)41-32/h6,10-12,15-16,19-20,22,26-27,36H,5,7-9,13-14,17-18,21,23-25H2,1-4H3/b10-6+/t26-,27+,36-,39-,50+/m0/s1. The maximum atomic E-state index is 14.3. The summed E-state index contributed by atoms with van der Waals surface area (Å²) in [7, 11) is -1.42. The number of methoxy groups -OCH3 is 1. The quantitative estimate of drug-likeness (QED) is 0.236. The van der Waals surface area contributed by atoms with Crippen molar-refractivity contribution < 1.29 is 23.3 Å². The van der Waals surface area contributed by atoms with E-state index in [-0.39, 0.29) is 47.1 Å². The van der Waals surface area contributed by atoms with Crippen LogP contribution in [0, 0.1) is 18.8 Å². The monoisotopic (exact) mass is 737 g/mol. The maximum Gasteiger partial charge on any atom is 0.285 e. The second-order valence-electron chi connectivity index (χ2n) is 14.3. The fourth-order valence-electron chi connectivity index (χ4n) is 7.68. The first-order chi connectivity index (χ1) is 24.0. The van der Waals surface area contributed by atoms with Crippen molar-refractivity contribution in [3.05, 3.63) is 86.3 Å². The van der Waals surface area contributed by atoms with Crippen LogP contribution in [0.25, 0.3) is 0 Å². The van der Waals surface area contributed by atoms with E-state index in [0.717, 1.165) is 40.7 Å². The molecule has 0 unspecified atom stereocenters. The molecule has 1 spiro atoms. The van der Waals surface area contributed by atoms with Crippen LogP contribution in [0.5, 0.6) is 5.75 Å². The van der Waals surface area contributed by atoms with Gasteiger partial charge in [-0.1, -0.05) is 43.7 Å². The lowest BCUT2D eigenvalue weighted by Gasteiger charge is -2.42. The van der Waals surface area contributed by atoms with E-state index < -0.39 is 15.6 Å². The molecule has 0 saturated carbocycles. The molecular formula is C39H48ClN3O5S2. The number of aryl methyl sites for hydroxylation is 3. The van der Waals surface area contributed by atoms with Crippen molar-refractivity contribution in [1.82, 2.24) is 4.98 Å². The Morgan fingerprint density at radius 2 is 2.04 bits per heavy atom. The Morgan fingerprint density at radius 3 is 2.82 bits per heavy atom. The van der Waals surface area contributed by atoms with Crippen LogP contribution in [-0.2, 0) is 37.5 Å². The number of rotatable bonds is 6. The van der Waals surface area contributed by atoms with Gasteiger partial charge in [-0.05, 0) is 98.7 Å². The number of ether oxygens (including phenoxy) is 2. The molecule has 11 heteroatoms. The van der Waals surface area contributed by atoms with Gasteiger partial charge in [-0.15, -0.1) is 11.3 Å². The number of ketones is 1. The van der Waals surface area contributed by atoms with Crippen LogP contribution < -0.4 is 9.64 Å². The summed E-state index contributed by atoms with van der Waals surface area (Å²) in [5.41, 5.74) is 4.28. The highest BCUT2D eigenvalue weighted by atomic mass is 35.5. The van der Waals surface area contributed by atoms with Crippen molar-refractivity contribution in [1.29, 1.82) is 0 Å². The molecule has 6 rings (SSSR count). The molecule has 8 nitrogen and oxygen atoms in total. The van der Waals surface area contributed by atoms with E-state index >= 15 is 0 Å². The third-order valence-electron chi connectivity index (χ3n) is 10.6. The molecule has 1 aliphatic carbocycles. The number of halogens is 1. The maximum absolute atomic E-state index is 14.3. The SMILES string of the molecule is CO[C@H]1/C=C/CCC[S@@](=O)(CC(=O)CCc2csc(C)n2)=NC(=O)c2ccc3c(c2)N(C[C@H](C)[C@H]1C)C[C@@]1(CCCc2cc(Cl)ccc21)CO3. The van der Waals surface area contributed by atoms with Crippen LogP contribution in [0.1, 0.15) is 78.1 Å². The third-order valence-corrected chi connectivity index (χ3v) is 13.9. The van der Waals surface area contributed by atoms with Gasteiger partial charge in [0.25, 0.3) is 5.91 Å². The van der Waals surface area contributed by atoms with Gasteiger partial charge in [-0.3, -0.25) is 9.59 Å². The van der Waals surface area contributed by atoms with E-state index in [2.05, 4.69) is 52.4 Å². The van der Waals surface area contributed by atoms with Crippen molar-refractivity contribution in [3.8, 4) is 5.75 Å². The highest BCUT2D eigenvalue weighted by Crippen LogP contribution is 2.45. The van der Waals surface area contributed by atoms with Crippen molar-refractivity contribution in [2.24, 2.45) is 16.2 Å². The third kappa shape index (κ3) is 8.35. The molecule has 1 amide bonds. The second kappa shape index (κ2) is 15.7. The predicted molar refractivity (Wildman–Crippen MR) is 203 cm³/mol. The molecule has 2 aliphatic heterocycles. The summed E-state index contributed by atoms with van der Waals surface area (Å²) in [4.78, 5) is 33.9. The molecule has 3 aliphatic rings. The molecule has 2 bridgehead atoms. The van der Waals surface area contributed by atoms with Gasteiger partial charge < -0.3 is 14.4 Å². The van der Waals surface area contributed by atoms with Crippen LogP contribution in [0.15, 0.2) is 58.3 Å². The zero-order chi connectivity index (χ0) is 35.5. The number of allylic oxidation sites excluding steroid dienone is 1. The molecule has 268 valence electrons. The number of nitrogens with zero attached hydrogens (tertiary/aromatic N) is 3. The Balaban J connectivity index is 1.37. The van der Waals surface area contributed by atoms with Gasteiger partial charge in [0.1, 0.15) is 11.5 Å². The highest BCUT2D eigenvalue weighted by molar-refractivity contribution is 7.94. The molecule has 3 heterocycles. The minimum atomic E-state index is -3.17. The second-order valence-corrected chi connectivity index (χ2v) is 18.2. The summed E-state index contributed by atoms with van der Waals surface area (Å²) in [6.45, 7) is 8.34. The molecule has 0 radical (unpaired) electrons. The van der Waals surface area contributed by atoms with Crippen LogP contribution >= 0.6 is 22.9 Å². The molecule has 5 atom stereocenters. The summed E-state index contributed by atoms with van der Waals surface area (Å²) in [5.74, 6) is 0.278. The van der Waals surface area contributed by atoms with Crippen molar-refractivity contribution >= 4 is 50.0 Å². The minimum Gasteiger partial charge on any atom is -0.490 e. The lowest BCUT2D eigenvalue weighted by Crippen LogP contribution is -2.47. The van der Waals surface area contributed by atoms with Gasteiger partial charge in [0, 0.05) is 53.8 Å². The Morgan fingerprint density at radius 1 is 1.20 bits per heavy atom. The Labute approximate surface area is 305 Å². The zero-order valence-corrected chi connectivity index (χ0v) is 31.9. The summed E-state index contributed by atoms with van der Waals surface area (Å²) in [5, 5.41) is 3.63. The van der Waals surface area contributed by atoms with Crippen molar-refractivity contribution in [3.63, 3.8) is 0 Å². The first-order valence-corrected chi connectivity index (χ1v) is 20.8. The molecule has 0 N–H and O–H groups in total. The number of hydrogen-bond acceptors (Lipinski definition) is 8. The molecule has 0 fully saturated rings. The lowest BCUT2D eigenvalue weighted by molar-refractivity contribution is -0.116. The van der Waals surface area contributed by atoms with Crippen molar-refractivity contribution in [2.45, 2.75) is 77.2 Å². The largest absolute Gasteiger partial charge is 0.490 e. The predicted octanol–water partition coefficient (Wildman–Crippen LogP) is 8.03. The smallest absolute Gasteiger partial charge is 0.285 e. The van der Waals surface area contributed by atoms with E-state index in [1.807, 2.05) is 30.5 Å². The number of carbonyl (C=O) groups excluding carboxylic acids is 2. The molecule has 0 saturated heterocycles. The molecule has 1 aromatic heterocycles. The number of thiazole rings is 1. The van der Waals surface area contributed by atoms with Gasteiger partial charge in [-0.25, -0.2) is 9.19 Å². The number of benzene rings is 2. The Kier molecular flexibility index (Phi) is 11.5. The zero-order valence-electron chi connectivity index (χ0n) is 29.5. The highest BCUT2D eigenvalue weighted by Gasteiger charge is 2.42. The van der Waals surface area contributed by atoms with E-state index in [1.54, 1.807) is 24.5 Å². The Bertz CT molecular complexity index is 1880. The van der Waals surface area contributed by atoms with E-state index in [9.17, 15) is 13.8 Å². The number of anilines is 1. The van der Waals surface area contributed by atoms with Crippen molar-refractivity contribution in [2.75, 3.05) is 43.2 Å². The summed E-state index contributed by atoms with van der Waals surface area (Å²) in [6.07, 6.45) is 8.89. The fraction of sp³-hybridized carbons (Fsp3) is 0.513. The molecule has 3 aromatic rings. The summed E-state index contributed by atoms with van der Waals surface area (Å²) >= 11 is 7.99. The van der Waals surface area contributed by atoms with E-state index in [4.69, 9.17) is 21.1 Å². The number of carbonyl (C=O) groups is 2. The molecule has 2 aromatic carbocycles. The van der Waals surface area contributed by atoms with Gasteiger partial charge in [0.15, 0.2) is 0 Å². The fourth-order valence-corrected chi connectivity index (χ4v) is 10.5. The normalized spacial score (nSPS) is 27.9. The first-order valence-electron chi connectivity index (χ1n) is 17.7. The average Bonchev–Trinajstić information content (AvgIpc) is 3.45. The molecule has 50 heavy (non-hydrogen) atoms. The number of amides is 1. The number of aromatic nitrogens is 1. The van der Waals surface area contributed by atoms with Gasteiger partial charge in [0.05, 0.1) is 44.6 Å². The summed E-state index contributed by atoms with van der Waals surface area (Å²) < 4.78 is 31.3. The minimum absolute atomic E-state index is 0.106. The Hall–Kier alpha value is -3.05. The van der Waals surface area contributed by atoms with E-state index in [1.165, 1.54) is 11.1 Å². The average molecular weight is 738 g/mol. The van der Waals surface area contributed by atoms with Crippen LogP contribution in [-0.4, -0.2) is 65.3 Å². The first kappa shape index (κ1) is 36.7. The van der Waals surface area contributed by atoms with Gasteiger partial charge >= 0.3 is 0 Å². The van der Waals surface area contributed by atoms with Gasteiger partial charge in [0.2, 0.25) is 0 Å². The van der Waals surface area contributed by atoms with Crippen LogP contribution in [0.3, 0.4) is 0 Å². The van der Waals surface area contributed by atoms with Gasteiger partial charge in [-0.2, -0.15) is 4.36 Å². The summed E-state index contributed by atoms with van der Waals surface area (Å²) in [6, 6.07) is 11.6. The number of fused-ring (bicyclic) bond motifs is 3. The molecular weight excluding hydrogens is 690 g/mol. The van der Waals surface area contributed by atoms with Crippen LogP contribution in [0.4, 0.5) is 5.69 Å². The number of hydrogen-bond donors (Lipinski definition) is 0. The topological polar surface area (TPSA) is 98.2 Å².